The molecule has 3 aliphatic rings. The number of carbonyl (C=O) groups excluding carboxylic acids is 2. The van der Waals surface area contributed by atoms with Crippen LogP contribution in [0.1, 0.15) is 79.8 Å². The molecule has 1 aromatic carbocycles. The van der Waals surface area contributed by atoms with E-state index in [4.69, 9.17) is 4.74 Å². The van der Waals surface area contributed by atoms with Crippen molar-refractivity contribution in [3.05, 3.63) is 34.4 Å². The highest BCUT2D eigenvalue weighted by molar-refractivity contribution is 6.52. The SMILES string of the molecule is CCc1ccc2c(c1OCCN1CCCCC1)C(=O)C(=O)C(C1CCCCC1)=C2. The quantitative estimate of drug-likeness (QED) is 0.647. The number of hydrogen-bond acceptors (Lipinski definition) is 4. The van der Waals surface area contributed by atoms with E-state index in [1.165, 1.54) is 25.7 Å². The smallest absolute Gasteiger partial charge is 0.237 e. The monoisotopic (exact) mass is 395 g/mol. The molecule has 0 aromatic heterocycles. The van der Waals surface area contributed by atoms with Crippen molar-refractivity contribution in [2.45, 2.75) is 64.7 Å². The van der Waals surface area contributed by atoms with Crippen molar-refractivity contribution in [3.63, 3.8) is 0 Å². The first-order valence-electron chi connectivity index (χ1n) is 11.5. The largest absolute Gasteiger partial charge is 0.491 e. The zero-order valence-corrected chi connectivity index (χ0v) is 17.7. The fraction of sp³-hybridized carbons (Fsp3) is 0.600. The van der Waals surface area contributed by atoms with E-state index in [0.717, 1.165) is 68.4 Å². The summed E-state index contributed by atoms with van der Waals surface area (Å²) < 4.78 is 6.18. The van der Waals surface area contributed by atoms with Crippen molar-refractivity contribution in [1.82, 2.24) is 4.90 Å². The molecule has 2 aliphatic carbocycles. The van der Waals surface area contributed by atoms with E-state index in [1.54, 1.807) is 0 Å². The molecule has 4 rings (SSSR count). The van der Waals surface area contributed by atoms with Crippen LogP contribution in [0.15, 0.2) is 17.7 Å². The summed E-state index contributed by atoms with van der Waals surface area (Å²) in [4.78, 5) is 28.6. The lowest BCUT2D eigenvalue weighted by Crippen LogP contribution is -2.33. The second-order valence-corrected chi connectivity index (χ2v) is 8.72. The maximum absolute atomic E-state index is 13.1. The Morgan fingerprint density at radius 3 is 2.41 bits per heavy atom. The normalized spacial score (nSPS) is 21.1. The molecule has 1 saturated heterocycles. The van der Waals surface area contributed by atoms with Crippen LogP contribution in [0, 0.1) is 5.92 Å². The minimum Gasteiger partial charge on any atom is -0.491 e. The number of ether oxygens (including phenoxy) is 1. The molecule has 4 nitrogen and oxygen atoms in total. The highest BCUT2D eigenvalue weighted by atomic mass is 16.5. The molecule has 0 spiro atoms. The van der Waals surface area contributed by atoms with Crippen LogP contribution < -0.4 is 4.74 Å². The highest BCUT2D eigenvalue weighted by Crippen LogP contribution is 2.38. The Morgan fingerprint density at radius 2 is 1.69 bits per heavy atom. The van der Waals surface area contributed by atoms with Crippen LogP contribution >= 0.6 is 0 Å². The summed E-state index contributed by atoms with van der Waals surface area (Å²) in [5.74, 6) is 0.201. The summed E-state index contributed by atoms with van der Waals surface area (Å²) in [5.41, 5.74) is 3.09. The van der Waals surface area contributed by atoms with Gasteiger partial charge in [0, 0.05) is 12.1 Å². The first-order valence-corrected chi connectivity index (χ1v) is 11.5. The van der Waals surface area contributed by atoms with E-state index in [0.29, 0.717) is 17.9 Å². The number of allylic oxidation sites excluding steroid dienone is 1. The van der Waals surface area contributed by atoms with E-state index < -0.39 is 0 Å². The molecule has 1 aromatic rings. The third-order valence-corrected chi connectivity index (χ3v) is 6.81. The zero-order chi connectivity index (χ0) is 20.2. The number of piperidine rings is 1. The first-order chi connectivity index (χ1) is 14.2. The van der Waals surface area contributed by atoms with Crippen molar-refractivity contribution >= 4 is 17.6 Å². The predicted octanol–water partition coefficient (Wildman–Crippen LogP) is 4.84. The second-order valence-electron chi connectivity index (χ2n) is 8.72. The Balaban J connectivity index is 1.58. The lowest BCUT2D eigenvalue weighted by atomic mass is 9.77. The summed E-state index contributed by atoms with van der Waals surface area (Å²) in [7, 11) is 0. The number of fused-ring (bicyclic) bond motifs is 1. The van der Waals surface area contributed by atoms with Gasteiger partial charge in [-0.25, -0.2) is 0 Å². The van der Waals surface area contributed by atoms with Gasteiger partial charge in [0.2, 0.25) is 11.6 Å². The molecule has 0 amide bonds. The number of rotatable bonds is 6. The van der Waals surface area contributed by atoms with Gasteiger partial charge in [-0.3, -0.25) is 14.5 Å². The van der Waals surface area contributed by atoms with Crippen molar-refractivity contribution in [2.24, 2.45) is 5.92 Å². The number of hydrogen-bond donors (Lipinski definition) is 0. The van der Waals surface area contributed by atoms with E-state index in [1.807, 2.05) is 12.1 Å². The first kappa shape index (κ1) is 20.3. The molecular weight excluding hydrogens is 362 g/mol. The molecule has 1 heterocycles. The second kappa shape index (κ2) is 9.25. The number of carbonyl (C=O) groups is 2. The topological polar surface area (TPSA) is 46.6 Å². The van der Waals surface area contributed by atoms with Crippen molar-refractivity contribution in [1.29, 1.82) is 0 Å². The molecule has 29 heavy (non-hydrogen) atoms. The Morgan fingerprint density at radius 1 is 0.966 bits per heavy atom. The third kappa shape index (κ3) is 4.32. The third-order valence-electron chi connectivity index (χ3n) is 6.81. The molecule has 0 unspecified atom stereocenters. The summed E-state index contributed by atoms with van der Waals surface area (Å²) in [5, 5.41) is 0. The van der Waals surface area contributed by atoms with Gasteiger partial charge >= 0.3 is 0 Å². The standard InChI is InChI=1S/C25H33NO3/c1-2-18-11-12-20-17-21(19-9-5-3-6-10-19)23(27)24(28)22(20)25(18)29-16-15-26-13-7-4-8-14-26/h11-12,17,19H,2-10,13-16H2,1H3. The van der Waals surface area contributed by atoms with Crippen molar-refractivity contribution in [3.8, 4) is 5.75 Å². The van der Waals surface area contributed by atoms with Crippen molar-refractivity contribution in [2.75, 3.05) is 26.2 Å². The van der Waals surface area contributed by atoms with Crippen molar-refractivity contribution < 1.29 is 14.3 Å². The Bertz CT molecular complexity index is 799. The lowest BCUT2D eigenvalue weighted by Gasteiger charge is -2.28. The van der Waals surface area contributed by atoms with Crippen LogP contribution in [0.4, 0.5) is 0 Å². The maximum atomic E-state index is 13.1. The highest BCUT2D eigenvalue weighted by Gasteiger charge is 2.35. The zero-order valence-electron chi connectivity index (χ0n) is 17.7. The lowest BCUT2D eigenvalue weighted by molar-refractivity contribution is -0.112. The summed E-state index contributed by atoms with van der Waals surface area (Å²) in [6.07, 6.45) is 12.2. The van der Waals surface area contributed by atoms with E-state index in [9.17, 15) is 9.59 Å². The molecule has 0 radical (unpaired) electrons. The molecular formula is C25H33NO3. The number of likely N-dealkylation sites (tertiary alicyclic amines) is 1. The van der Waals surface area contributed by atoms with Crippen LogP contribution in [-0.4, -0.2) is 42.7 Å². The Hall–Kier alpha value is -1.94. The van der Waals surface area contributed by atoms with Gasteiger partial charge in [0.05, 0.1) is 5.56 Å². The predicted molar refractivity (Wildman–Crippen MR) is 115 cm³/mol. The van der Waals surface area contributed by atoms with Gasteiger partial charge in [-0.2, -0.15) is 0 Å². The Kier molecular flexibility index (Phi) is 6.49. The van der Waals surface area contributed by atoms with Gasteiger partial charge < -0.3 is 4.74 Å². The fourth-order valence-electron chi connectivity index (χ4n) is 5.09. The minimum absolute atomic E-state index is 0.239. The number of nitrogens with zero attached hydrogens (tertiary/aromatic N) is 1. The number of benzene rings is 1. The average molecular weight is 396 g/mol. The summed E-state index contributed by atoms with van der Waals surface area (Å²) >= 11 is 0. The van der Waals surface area contributed by atoms with E-state index in [-0.39, 0.29) is 17.5 Å². The van der Waals surface area contributed by atoms with Gasteiger partial charge in [0.25, 0.3) is 0 Å². The van der Waals surface area contributed by atoms with Crippen LogP contribution in [0.3, 0.4) is 0 Å². The summed E-state index contributed by atoms with van der Waals surface area (Å²) in [6, 6.07) is 4.06. The molecule has 1 aliphatic heterocycles. The molecule has 4 heteroatoms. The fourth-order valence-corrected chi connectivity index (χ4v) is 5.09. The molecule has 0 N–H and O–H groups in total. The molecule has 1 saturated carbocycles. The van der Waals surface area contributed by atoms with Gasteiger partial charge in [-0.1, -0.05) is 44.7 Å². The van der Waals surface area contributed by atoms with E-state index >= 15 is 0 Å². The average Bonchev–Trinajstić information content (AvgIpc) is 2.77. The van der Waals surface area contributed by atoms with Gasteiger partial charge in [-0.05, 0) is 68.3 Å². The number of Topliss-reactive ketones (excluding diaryl/α,β-unsaturated/α-hetero) is 2. The molecule has 0 atom stereocenters. The van der Waals surface area contributed by atoms with Gasteiger partial charge in [-0.15, -0.1) is 0 Å². The molecule has 156 valence electrons. The van der Waals surface area contributed by atoms with Crippen LogP contribution in [0.5, 0.6) is 5.75 Å². The molecule has 2 fully saturated rings. The van der Waals surface area contributed by atoms with Crippen LogP contribution in [0.2, 0.25) is 0 Å². The van der Waals surface area contributed by atoms with Gasteiger partial charge in [0.15, 0.2) is 0 Å². The minimum atomic E-state index is -0.369. The summed E-state index contributed by atoms with van der Waals surface area (Å²) in [6.45, 7) is 5.75. The number of ketones is 2. The van der Waals surface area contributed by atoms with E-state index in [2.05, 4.69) is 17.9 Å². The maximum Gasteiger partial charge on any atom is 0.237 e. The Labute approximate surface area is 174 Å². The number of aryl methyl sites for hydroxylation is 1. The van der Waals surface area contributed by atoms with Gasteiger partial charge in [0.1, 0.15) is 12.4 Å². The van der Waals surface area contributed by atoms with Crippen LogP contribution in [-0.2, 0) is 11.2 Å². The van der Waals surface area contributed by atoms with Crippen LogP contribution in [0.25, 0.3) is 6.08 Å². The molecule has 0 bridgehead atoms.